The summed E-state index contributed by atoms with van der Waals surface area (Å²) < 4.78 is 25.7. The summed E-state index contributed by atoms with van der Waals surface area (Å²) in [7, 11) is 0. The van der Waals surface area contributed by atoms with Crippen molar-refractivity contribution in [1.82, 2.24) is 14.9 Å². The molecule has 1 aliphatic heterocycles. The third-order valence-corrected chi connectivity index (χ3v) is 6.80. The molecule has 1 saturated heterocycles. The van der Waals surface area contributed by atoms with E-state index in [2.05, 4.69) is 10.6 Å². The molecule has 2 heterocycles. The molecule has 15 heteroatoms. The first-order chi connectivity index (χ1) is 22.7. The number of hydrogen-bond donors (Lipinski definition) is 3. The number of carbonyl (C=O) groups excluding carboxylic acids is 4. The van der Waals surface area contributed by atoms with E-state index in [4.69, 9.17) is 29.7 Å². The molecular formula is C34H53N6O9+. The quantitative estimate of drug-likeness (QED) is 0.0922. The first kappa shape index (κ1) is 39.1. The number of benzene rings is 1. The molecule has 1 atom stereocenters. The number of anilines is 1. The highest BCUT2D eigenvalue weighted by atomic mass is 16.7. The molecule has 3 rings (SSSR count). The van der Waals surface area contributed by atoms with Crippen molar-refractivity contribution in [2.75, 3.05) is 31.6 Å². The fourth-order valence-electron chi connectivity index (χ4n) is 4.70. The standard InChI is InChI=1S/C34H52N6O9/c1-32(2,3)46-29(42)27(49-35)22-45-26-13-11-24(12-14-26)28(41)37-25-20-39(16-10-15-36-30(43)47-33(4,5)6)40(21-25)19-23-17-38(18-23)31(44)48-34(7,8)9/h11-14,20-21,23,27H,10,15-19,22,35H2,1-9H3,(H-,36,37,41,43)/p+1. The molecule has 0 saturated carbocycles. The first-order valence-corrected chi connectivity index (χ1v) is 16.4. The van der Waals surface area contributed by atoms with Crippen molar-refractivity contribution >= 4 is 29.8 Å². The third-order valence-electron chi connectivity index (χ3n) is 6.80. The normalized spacial score (nSPS) is 14.4. The number of amides is 3. The summed E-state index contributed by atoms with van der Waals surface area (Å²) in [5, 5.41) is 5.71. The molecule has 0 spiro atoms. The van der Waals surface area contributed by atoms with Gasteiger partial charge in [-0.1, -0.05) is 0 Å². The number of aromatic nitrogens is 2. The van der Waals surface area contributed by atoms with E-state index < -0.39 is 35.0 Å². The van der Waals surface area contributed by atoms with Crippen LogP contribution in [-0.4, -0.2) is 82.8 Å². The van der Waals surface area contributed by atoms with E-state index in [-0.39, 0.29) is 24.5 Å². The largest absolute Gasteiger partial charge is 0.490 e. The van der Waals surface area contributed by atoms with Crippen LogP contribution in [0.1, 0.15) is 79.1 Å². The smallest absolute Gasteiger partial charge is 0.410 e. The first-order valence-electron chi connectivity index (χ1n) is 16.4. The second kappa shape index (κ2) is 16.4. The molecule has 4 N–H and O–H groups in total. The van der Waals surface area contributed by atoms with Gasteiger partial charge >= 0.3 is 18.2 Å². The van der Waals surface area contributed by atoms with Gasteiger partial charge in [0, 0.05) is 25.2 Å². The molecule has 15 nitrogen and oxygen atoms in total. The van der Waals surface area contributed by atoms with Crippen LogP contribution in [0.25, 0.3) is 0 Å². The highest BCUT2D eigenvalue weighted by Crippen LogP contribution is 2.21. The summed E-state index contributed by atoms with van der Waals surface area (Å²) in [6.07, 6.45) is 2.35. The zero-order valence-corrected chi connectivity index (χ0v) is 30.2. The lowest BCUT2D eigenvalue weighted by Crippen LogP contribution is -2.58. The van der Waals surface area contributed by atoms with Gasteiger partial charge in [0.15, 0.2) is 6.54 Å². The van der Waals surface area contributed by atoms with Gasteiger partial charge in [0.1, 0.15) is 34.8 Å². The Morgan fingerprint density at radius 3 is 2.10 bits per heavy atom. The molecule has 272 valence electrons. The number of hydrogen-bond acceptors (Lipinski definition) is 10. The Labute approximate surface area is 288 Å². The fraction of sp³-hybridized carbons (Fsp3) is 0.618. The number of carbonyl (C=O) groups is 4. The minimum Gasteiger partial charge on any atom is -0.490 e. The van der Waals surface area contributed by atoms with Crippen LogP contribution in [0.15, 0.2) is 36.7 Å². The van der Waals surface area contributed by atoms with Crippen molar-refractivity contribution in [1.29, 1.82) is 0 Å². The van der Waals surface area contributed by atoms with Crippen LogP contribution < -0.4 is 25.9 Å². The molecule has 49 heavy (non-hydrogen) atoms. The summed E-state index contributed by atoms with van der Waals surface area (Å²) in [6, 6.07) is 6.41. The van der Waals surface area contributed by atoms with Crippen molar-refractivity contribution in [3.05, 3.63) is 42.2 Å². The Morgan fingerprint density at radius 1 is 0.918 bits per heavy atom. The Balaban J connectivity index is 1.62. The molecular weight excluding hydrogens is 636 g/mol. The third kappa shape index (κ3) is 13.6. The number of alkyl carbamates (subject to hydrolysis) is 1. The van der Waals surface area contributed by atoms with Crippen molar-refractivity contribution in [2.45, 2.75) is 105 Å². The Kier molecular flexibility index (Phi) is 13.0. The summed E-state index contributed by atoms with van der Waals surface area (Å²) in [5.74, 6) is 4.89. The second-order valence-corrected chi connectivity index (χ2v) is 15.0. The SMILES string of the molecule is CC(C)(C)OC(=O)NCCCn1cc(NC(=O)c2ccc(OCC(ON)C(=O)OC(C)(C)C)cc2)c[n+]1CC1CN(C(=O)OC(C)(C)C)C1. The van der Waals surface area contributed by atoms with Crippen LogP contribution >= 0.6 is 0 Å². The summed E-state index contributed by atoms with van der Waals surface area (Å²) in [4.78, 5) is 56.3. The number of nitrogens with one attached hydrogen (secondary N) is 2. The van der Waals surface area contributed by atoms with Crippen LogP contribution in [0.4, 0.5) is 15.3 Å². The molecule has 1 aromatic heterocycles. The lowest BCUT2D eigenvalue weighted by Gasteiger charge is -2.38. The number of aryl methyl sites for hydroxylation is 1. The van der Waals surface area contributed by atoms with Gasteiger partial charge in [-0.15, -0.1) is 4.68 Å². The highest BCUT2D eigenvalue weighted by Gasteiger charge is 2.37. The highest BCUT2D eigenvalue weighted by molar-refractivity contribution is 6.04. The van der Waals surface area contributed by atoms with Crippen molar-refractivity contribution in [3.8, 4) is 5.75 Å². The summed E-state index contributed by atoms with van der Waals surface area (Å²) in [5.41, 5.74) is -0.895. The molecule has 1 aromatic carbocycles. The van der Waals surface area contributed by atoms with Gasteiger partial charge in [-0.25, -0.2) is 20.3 Å². The zero-order chi connectivity index (χ0) is 36.6. The molecule has 1 fully saturated rings. The van der Waals surface area contributed by atoms with Gasteiger partial charge in [-0.2, -0.15) is 4.68 Å². The summed E-state index contributed by atoms with van der Waals surface area (Å²) >= 11 is 0. The van der Waals surface area contributed by atoms with Gasteiger partial charge in [-0.05, 0) is 93.0 Å². The Hall–Kier alpha value is -4.37. The molecule has 2 aromatic rings. The maximum Gasteiger partial charge on any atom is 0.410 e. The maximum absolute atomic E-state index is 13.2. The van der Waals surface area contributed by atoms with Gasteiger partial charge in [-0.3, -0.25) is 9.63 Å². The molecule has 3 amide bonds. The number of nitrogens with zero attached hydrogens (tertiary/aromatic N) is 3. The topological polar surface area (TPSA) is 177 Å². The fourth-order valence-corrected chi connectivity index (χ4v) is 4.70. The Morgan fingerprint density at radius 2 is 1.53 bits per heavy atom. The summed E-state index contributed by atoms with van der Waals surface area (Å²) in [6.45, 7) is 18.6. The van der Waals surface area contributed by atoms with Crippen LogP contribution in [-0.2, 0) is 36.9 Å². The van der Waals surface area contributed by atoms with Crippen LogP contribution in [0, 0.1) is 5.92 Å². The zero-order valence-electron chi connectivity index (χ0n) is 30.2. The van der Waals surface area contributed by atoms with E-state index in [0.29, 0.717) is 56.1 Å². The lowest BCUT2D eigenvalue weighted by atomic mass is 10.0. The average Bonchev–Trinajstić information content (AvgIpc) is 3.31. The monoisotopic (exact) mass is 689 g/mol. The Bertz CT molecular complexity index is 1430. The number of rotatable bonds is 13. The second-order valence-electron chi connectivity index (χ2n) is 15.0. The van der Waals surface area contributed by atoms with Crippen molar-refractivity contribution in [3.63, 3.8) is 0 Å². The van der Waals surface area contributed by atoms with E-state index >= 15 is 0 Å². The van der Waals surface area contributed by atoms with Crippen LogP contribution in [0.5, 0.6) is 5.75 Å². The van der Waals surface area contributed by atoms with Crippen LogP contribution in [0.2, 0.25) is 0 Å². The van der Waals surface area contributed by atoms with Crippen LogP contribution in [0.3, 0.4) is 0 Å². The van der Waals surface area contributed by atoms with Crippen molar-refractivity contribution in [2.24, 2.45) is 11.8 Å². The minimum absolute atomic E-state index is 0.172. The number of likely N-dealkylation sites (tertiary alicyclic amines) is 1. The number of esters is 1. The van der Waals surface area contributed by atoms with E-state index in [1.54, 1.807) is 70.7 Å². The van der Waals surface area contributed by atoms with Gasteiger partial charge < -0.3 is 34.5 Å². The lowest BCUT2D eigenvalue weighted by molar-refractivity contribution is -0.781. The van der Waals surface area contributed by atoms with Gasteiger partial charge in [0.25, 0.3) is 5.91 Å². The molecule has 1 aliphatic rings. The molecule has 0 radical (unpaired) electrons. The van der Waals surface area contributed by atoms with Gasteiger partial charge in [0.05, 0.1) is 18.7 Å². The minimum atomic E-state index is -1.12. The molecule has 0 bridgehead atoms. The van der Waals surface area contributed by atoms with E-state index in [0.717, 1.165) is 0 Å². The molecule has 1 unspecified atom stereocenters. The van der Waals surface area contributed by atoms with E-state index in [1.165, 1.54) is 0 Å². The van der Waals surface area contributed by atoms with Gasteiger partial charge in [0.2, 0.25) is 12.3 Å². The maximum atomic E-state index is 13.2. The average molecular weight is 690 g/mol. The molecule has 0 aliphatic carbocycles. The van der Waals surface area contributed by atoms with E-state index in [1.807, 2.05) is 42.5 Å². The predicted octanol–water partition coefficient (Wildman–Crippen LogP) is 3.79. The number of nitrogens with two attached hydrogens (primary N) is 1. The number of ether oxygens (including phenoxy) is 4. The predicted molar refractivity (Wildman–Crippen MR) is 180 cm³/mol. The van der Waals surface area contributed by atoms with E-state index in [9.17, 15) is 19.2 Å². The van der Waals surface area contributed by atoms with Crippen molar-refractivity contribution < 1.29 is 47.6 Å².